The zero-order chi connectivity index (χ0) is 20.4. The third-order valence-electron chi connectivity index (χ3n) is 4.09. The summed E-state index contributed by atoms with van der Waals surface area (Å²) in [7, 11) is 3.43. The lowest BCUT2D eigenvalue weighted by Crippen LogP contribution is -2.43. The van der Waals surface area contributed by atoms with Crippen molar-refractivity contribution in [3.8, 4) is 5.75 Å². The molecule has 1 atom stereocenters. The number of para-hydroxylation sites is 1. The van der Waals surface area contributed by atoms with Crippen LogP contribution in [0, 0.1) is 6.92 Å². The number of hydrogen-bond acceptors (Lipinski definition) is 4. The fraction of sp³-hybridized carbons (Fsp3) is 0.429. The van der Waals surface area contributed by atoms with Crippen molar-refractivity contribution >= 4 is 35.8 Å². The average molecular weight is 514 g/mol. The third kappa shape index (κ3) is 9.21. The maximum Gasteiger partial charge on any atom is 0.243 e. The molecule has 160 valence electrons. The number of hydrogen-bond donors (Lipinski definition) is 2. The van der Waals surface area contributed by atoms with E-state index in [1.165, 1.54) is 4.90 Å². The molecule has 8 heteroatoms. The van der Waals surface area contributed by atoms with Gasteiger partial charge in [0.2, 0.25) is 5.91 Å². The minimum atomic E-state index is -0.0669. The number of carbonyl (C=O) groups excluding carboxylic acids is 1. The van der Waals surface area contributed by atoms with Crippen LogP contribution in [-0.4, -0.2) is 56.6 Å². The summed E-state index contributed by atoms with van der Waals surface area (Å²) in [5, 5.41) is 6.48. The summed E-state index contributed by atoms with van der Waals surface area (Å²) in [5.41, 5.74) is 1.09. The first-order valence-corrected chi connectivity index (χ1v) is 9.42. The van der Waals surface area contributed by atoms with Gasteiger partial charge in [-0.1, -0.05) is 18.2 Å². The fourth-order valence-electron chi connectivity index (χ4n) is 2.41. The number of benzene rings is 1. The number of amides is 1. The Balaban J connectivity index is 0.00000420. The van der Waals surface area contributed by atoms with Crippen LogP contribution in [0.5, 0.6) is 5.75 Å². The molecular weight excluding hydrogens is 483 g/mol. The Labute approximate surface area is 189 Å². The first kappa shape index (κ1) is 24.8. The maximum atomic E-state index is 11.8. The van der Waals surface area contributed by atoms with Gasteiger partial charge in [0.25, 0.3) is 0 Å². The Hall–Kier alpha value is -2.23. The summed E-state index contributed by atoms with van der Waals surface area (Å²) in [6.45, 7) is 5.28. The third-order valence-corrected chi connectivity index (χ3v) is 4.09. The van der Waals surface area contributed by atoms with Crippen LogP contribution in [0.1, 0.15) is 18.2 Å². The van der Waals surface area contributed by atoms with Gasteiger partial charge in [-0.15, -0.1) is 24.0 Å². The first-order valence-electron chi connectivity index (χ1n) is 9.42. The predicted octanol–water partition coefficient (Wildman–Crippen LogP) is 2.84. The van der Waals surface area contributed by atoms with E-state index in [1.807, 2.05) is 50.2 Å². The summed E-state index contributed by atoms with van der Waals surface area (Å²) >= 11 is 0. The Bertz CT molecular complexity index is 763. The van der Waals surface area contributed by atoms with Gasteiger partial charge in [-0.3, -0.25) is 4.79 Å². The molecule has 29 heavy (non-hydrogen) atoms. The van der Waals surface area contributed by atoms with Crippen LogP contribution in [0.15, 0.2) is 52.1 Å². The van der Waals surface area contributed by atoms with E-state index in [0.29, 0.717) is 19.0 Å². The van der Waals surface area contributed by atoms with Gasteiger partial charge in [-0.2, -0.15) is 0 Å². The van der Waals surface area contributed by atoms with E-state index in [1.54, 1.807) is 20.4 Å². The zero-order valence-corrected chi connectivity index (χ0v) is 19.8. The molecule has 7 nitrogen and oxygen atoms in total. The van der Waals surface area contributed by atoms with Crippen molar-refractivity contribution in [3.63, 3.8) is 0 Å². The highest BCUT2D eigenvalue weighted by molar-refractivity contribution is 14.0. The molecule has 0 aliphatic rings. The highest BCUT2D eigenvalue weighted by atomic mass is 127. The van der Waals surface area contributed by atoms with Crippen LogP contribution in [-0.2, 0) is 11.2 Å². The average Bonchev–Trinajstić information content (AvgIpc) is 3.18. The molecule has 0 spiro atoms. The molecule has 1 unspecified atom stereocenters. The number of rotatable bonds is 9. The number of likely N-dealkylation sites (N-methyl/N-ethyl adjacent to an activating group) is 1. The summed E-state index contributed by atoms with van der Waals surface area (Å²) in [4.78, 5) is 17.7. The van der Waals surface area contributed by atoms with Crippen LogP contribution < -0.4 is 15.4 Å². The number of nitrogens with one attached hydrogen (secondary N) is 2. The molecule has 0 aliphatic carbocycles. The van der Waals surface area contributed by atoms with Gasteiger partial charge in [-0.25, -0.2) is 4.99 Å². The molecule has 0 radical (unpaired) electrons. The van der Waals surface area contributed by atoms with Crippen molar-refractivity contribution < 1.29 is 13.9 Å². The van der Waals surface area contributed by atoms with Crippen LogP contribution in [0.25, 0.3) is 0 Å². The molecule has 1 amide bonds. The number of furan rings is 1. The Morgan fingerprint density at radius 1 is 1.21 bits per heavy atom. The molecule has 1 aromatic carbocycles. The lowest BCUT2D eigenvalue weighted by Gasteiger charge is -2.19. The largest absolute Gasteiger partial charge is 0.489 e. The van der Waals surface area contributed by atoms with Gasteiger partial charge < -0.3 is 24.7 Å². The fourth-order valence-corrected chi connectivity index (χ4v) is 2.41. The zero-order valence-electron chi connectivity index (χ0n) is 17.5. The van der Waals surface area contributed by atoms with E-state index < -0.39 is 0 Å². The number of nitrogens with zero attached hydrogens (tertiary/aromatic N) is 2. The van der Waals surface area contributed by atoms with Crippen LogP contribution in [0.2, 0.25) is 0 Å². The van der Waals surface area contributed by atoms with E-state index in [-0.39, 0.29) is 42.5 Å². The van der Waals surface area contributed by atoms with Crippen molar-refractivity contribution in [1.29, 1.82) is 0 Å². The molecule has 0 saturated heterocycles. The Morgan fingerprint density at radius 2 is 1.97 bits per heavy atom. The number of carbonyl (C=O) groups is 1. The van der Waals surface area contributed by atoms with E-state index in [0.717, 1.165) is 23.5 Å². The summed E-state index contributed by atoms with van der Waals surface area (Å²) in [6, 6.07) is 11.7. The lowest BCUT2D eigenvalue weighted by atomic mass is 10.2. The predicted molar refractivity (Wildman–Crippen MR) is 126 cm³/mol. The first-order chi connectivity index (χ1) is 13.5. The van der Waals surface area contributed by atoms with Gasteiger partial charge >= 0.3 is 0 Å². The summed E-state index contributed by atoms with van der Waals surface area (Å²) in [6.07, 6.45) is 2.32. The smallest absolute Gasteiger partial charge is 0.243 e. The number of halogens is 1. The summed E-state index contributed by atoms with van der Waals surface area (Å²) in [5.74, 6) is 2.27. The number of aryl methyl sites for hydroxylation is 1. The van der Waals surface area contributed by atoms with Crippen LogP contribution >= 0.6 is 24.0 Å². The van der Waals surface area contributed by atoms with Crippen molar-refractivity contribution in [3.05, 3.63) is 54.0 Å². The van der Waals surface area contributed by atoms with E-state index in [9.17, 15) is 4.79 Å². The molecule has 1 heterocycles. The van der Waals surface area contributed by atoms with Crippen LogP contribution in [0.3, 0.4) is 0 Å². The monoisotopic (exact) mass is 514 g/mol. The molecule has 2 N–H and O–H groups in total. The SMILES string of the molecule is Cc1ccccc1OC(C)CNC(=NCC(=O)N(C)C)NCCc1ccco1.I. The molecular formula is C21H31IN4O3. The van der Waals surface area contributed by atoms with Crippen molar-refractivity contribution in [2.24, 2.45) is 4.99 Å². The molecule has 0 bridgehead atoms. The Morgan fingerprint density at radius 3 is 2.62 bits per heavy atom. The second-order valence-electron chi connectivity index (χ2n) is 6.78. The van der Waals surface area contributed by atoms with Gasteiger partial charge in [0.05, 0.1) is 12.8 Å². The normalized spacial score (nSPS) is 11.9. The van der Waals surface area contributed by atoms with Crippen molar-refractivity contribution in [2.75, 3.05) is 33.7 Å². The molecule has 0 saturated carbocycles. The second kappa shape index (κ2) is 13.1. The number of guanidine groups is 1. The quantitative estimate of drug-likeness (QED) is 0.306. The van der Waals surface area contributed by atoms with Gasteiger partial charge in [-0.05, 0) is 37.6 Å². The topological polar surface area (TPSA) is 79.1 Å². The highest BCUT2D eigenvalue weighted by Crippen LogP contribution is 2.17. The van der Waals surface area contributed by atoms with E-state index >= 15 is 0 Å². The minimum absolute atomic E-state index is 0. The molecule has 0 aliphatic heterocycles. The number of aliphatic imine (C=N–C) groups is 1. The highest BCUT2D eigenvalue weighted by Gasteiger charge is 2.09. The van der Waals surface area contributed by atoms with E-state index in [4.69, 9.17) is 9.15 Å². The van der Waals surface area contributed by atoms with Crippen LogP contribution in [0.4, 0.5) is 0 Å². The van der Waals surface area contributed by atoms with Crippen molar-refractivity contribution in [1.82, 2.24) is 15.5 Å². The maximum absolute atomic E-state index is 11.8. The molecule has 0 fully saturated rings. The van der Waals surface area contributed by atoms with E-state index in [2.05, 4.69) is 15.6 Å². The van der Waals surface area contributed by atoms with Gasteiger partial charge in [0.1, 0.15) is 24.2 Å². The molecule has 1 aromatic heterocycles. The molecule has 2 aromatic rings. The Kier molecular flexibility index (Phi) is 11.2. The standard InChI is InChI=1S/C21H30N4O3.HI/c1-16-8-5-6-10-19(16)28-17(2)14-23-21(24-15-20(26)25(3)4)22-12-11-18-9-7-13-27-18;/h5-10,13,17H,11-12,14-15H2,1-4H3,(H2,22,23,24);1H. The minimum Gasteiger partial charge on any atom is -0.489 e. The molecule has 2 rings (SSSR count). The second-order valence-corrected chi connectivity index (χ2v) is 6.78. The van der Waals surface area contributed by atoms with Gasteiger partial charge in [0.15, 0.2) is 5.96 Å². The summed E-state index contributed by atoms with van der Waals surface area (Å²) < 4.78 is 11.3. The van der Waals surface area contributed by atoms with Gasteiger partial charge in [0, 0.05) is 27.1 Å². The number of ether oxygens (including phenoxy) is 1. The lowest BCUT2D eigenvalue weighted by molar-refractivity contribution is -0.127. The van der Waals surface area contributed by atoms with Crippen molar-refractivity contribution in [2.45, 2.75) is 26.4 Å².